The van der Waals surface area contributed by atoms with Crippen molar-refractivity contribution in [1.82, 2.24) is 9.80 Å². The van der Waals surface area contributed by atoms with Crippen molar-refractivity contribution in [3.05, 3.63) is 70.2 Å². The van der Waals surface area contributed by atoms with Crippen LogP contribution in [0.2, 0.25) is 0 Å². The van der Waals surface area contributed by atoms with E-state index in [1.54, 1.807) is 0 Å². The molecule has 0 amide bonds. The molecule has 0 bridgehead atoms. The molecule has 2 atom stereocenters. The summed E-state index contributed by atoms with van der Waals surface area (Å²) >= 11 is 3.57. The minimum absolute atomic E-state index is 0. The van der Waals surface area contributed by atoms with Gasteiger partial charge in [0, 0.05) is 30.1 Å². The molecule has 2 fully saturated rings. The predicted molar refractivity (Wildman–Crippen MR) is 128 cm³/mol. The number of nitrogens with zero attached hydrogens (tertiary/aromatic N) is 2. The summed E-state index contributed by atoms with van der Waals surface area (Å²) in [5, 5.41) is 10.7. The third-order valence-corrected chi connectivity index (χ3v) is 6.69. The lowest BCUT2D eigenvalue weighted by molar-refractivity contribution is -0.0222. The van der Waals surface area contributed by atoms with Crippen LogP contribution >= 0.6 is 40.7 Å². The van der Waals surface area contributed by atoms with Crippen LogP contribution < -0.4 is 0 Å². The SMILES string of the molecule is Cl.Cl.O[C@@H]1CCN(Cc2cccc(Br)c2)C[C@H]1N1CCC(c2ccccc2)CC1. The Balaban J connectivity index is 0.00000150. The lowest BCUT2D eigenvalue weighted by atomic mass is 9.88. The zero-order valence-electron chi connectivity index (χ0n) is 16.6. The Kier molecular flexibility index (Phi) is 9.93. The summed E-state index contributed by atoms with van der Waals surface area (Å²) < 4.78 is 1.14. The quantitative estimate of drug-likeness (QED) is 0.630. The summed E-state index contributed by atoms with van der Waals surface area (Å²) in [6.07, 6.45) is 3.06. The average molecular weight is 502 g/mol. The molecule has 2 saturated heterocycles. The molecule has 0 unspecified atom stereocenters. The van der Waals surface area contributed by atoms with Gasteiger partial charge in [-0.3, -0.25) is 9.80 Å². The molecule has 2 aliphatic heterocycles. The molecule has 0 saturated carbocycles. The molecule has 2 aromatic carbocycles. The fourth-order valence-electron chi connectivity index (χ4n) is 4.67. The Morgan fingerprint density at radius 1 is 0.897 bits per heavy atom. The van der Waals surface area contributed by atoms with Gasteiger partial charge in [-0.15, -0.1) is 24.8 Å². The highest BCUT2D eigenvalue weighted by atomic mass is 79.9. The zero-order chi connectivity index (χ0) is 18.6. The van der Waals surface area contributed by atoms with E-state index in [0.29, 0.717) is 5.92 Å². The summed E-state index contributed by atoms with van der Waals surface area (Å²) in [5.41, 5.74) is 2.81. The highest BCUT2D eigenvalue weighted by molar-refractivity contribution is 9.10. The molecular formula is C23H31BrCl2N2O. The van der Waals surface area contributed by atoms with Gasteiger partial charge in [-0.2, -0.15) is 0 Å². The van der Waals surface area contributed by atoms with Crippen molar-refractivity contribution in [2.24, 2.45) is 0 Å². The van der Waals surface area contributed by atoms with Gasteiger partial charge in [-0.25, -0.2) is 0 Å². The zero-order valence-corrected chi connectivity index (χ0v) is 19.8. The Bertz CT molecular complexity index is 741. The maximum absolute atomic E-state index is 10.7. The Hall–Kier alpha value is -0.620. The molecule has 29 heavy (non-hydrogen) atoms. The standard InChI is InChI=1S/C23H29BrN2O.2ClH/c24-21-8-4-5-18(15-21)16-25-12-11-23(27)22(17-25)26-13-9-20(10-14-26)19-6-2-1-3-7-19;;/h1-8,15,20,22-23,27H,9-14,16-17H2;2*1H/t22-,23-;;/m1../s1. The van der Waals surface area contributed by atoms with E-state index in [9.17, 15) is 5.11 Å². The van der Waals surface area contributed by atoms with Crippen molar-refractivity contribution < 1.29 is 5.11 Å². The van der Waals surface area contributed by atoms with Gasteiger partial charge in [0.05, 0.1) is 6.10 Å². The minimum Gasteiger partial charge on any atom is -0.391 e. The fourth-order valence-corrected chi connectivity index (χ4v) is 5.12. The summed E-state index contributed by atoms with van der Waals surface area (Å²) in [5.74, 6) is 0.668. The Labute approximate surface area is 195 Å². The molecule has 3 nitrogen and oxygen atoms in total. The van der Waals surface area contributed by atoms with Gasteiger partial charge in [0.2, 0.25) is 0 Å². The maximum Gasteiger partial charge on any atom is 0.0720 e. The van der Waals surface area contributed by atoms with E-state index in [1.165, 1.54) is 24.0 Å². The first kappa shape index (κ1) is 24.6. The second kappa shape index (κ2) is 11.7. The Morgan fingerprint density at radius 2 is 1.62 bits per heavy atom. The first-order valence-electron chi connectivity index (χ1n) is 10.1. The molecule has 0 spiro atoms. The minimum atomic E-state index is -0.197. The highest BCUT2D eigenvalue weighted by Crippen LogP contribution is 2.30. The number of likely N-dealkylation sites (tertiary alicyclic amines) is 2. The van der Waals surface area contributed by atoms with Crippen LogP contribution in [0, 0.1) is 0 Å². The van der Waals surface area contributed by atoms with Gasteiger partial charge >= 0.3 is 0 Å². The van der Waals surface area contributed by atoms with Crippen molar-refractivity contribution in [3.8, 4) is 0 Å². The number of aliphatic hydroxyl groups excluding tert-OH is 1. The van der Waals surface area contributed by atoms with Gasteiger partial charge in [0.1, 0.15) is 0 Å². The first-order chi connectivity index (χ1) is 13.2. The van der Waals surface area contributed by atoms with Crippen molar-refractivity contribution >= 4 is 40.7 Å². The molecular weight excluding hydrogens is 471 g/mol. The fraction of sp³-hybridized carbons (Fsp3) is 0.478. The van der Waals surface area contributed by atoms with E-state index in [0.717, 1.165) is 43.6 Å². The number of benzene rings is 2. The summed E-state index contributed by atoms with van der Waals surface area (Å²) in [7, 11) is 0. The van der Waals surface area contributed by atoms with E-state index in [4.69, 9.17) is 0 Å². The molecule has 0 aromatic heterocycles. The third-order valence-electron chi connectivity index (χ3n) is 6.20. The lowest BCUT2D eigenvalue weighted by Gasteiger charge is -2.45. The van der Waals surface area contributed by atoms with Gasteiger partial charge in [0.15, 0.2) is 0 Å². The molecule has 160 valence electrons. The van der Waals surface area contributed by atoms with Crippen molar-refractivity contribution in [1.29, 1.82) is 0 Å². The van der Waals surface area contributed by atoms with Crippen LogP contribution in [0.4, 0.5) is 0 Å². The van der Waals surface area contributed by atoms with Crippen LogP contribution in [0.1, 0.15) is 36.3 Å². The molecule has 1 N–H and O–H groups in total. The topological polar surface area (TPSA) is 26.7 Å². The molecule has 2 aliphatic rings. The second-order valence-electron chi connectivity index (χ2n) is 8.01. The Morgan fingerprint density at radius 3 is 2.31 bits per heavy atom. The number of rotatable bonds is 4. The number of piperidine rings is 2. The number of hydrogen-bond donors (Lipinski definition) is 1. The average Bonchev–Trinajstić information content (AvgIpc) is 2.70. The van der Waals surface area contributed by atoms with E-state index in [-0.39, 0.29) is 37.0 Å². The van der Waals surface area contributed by atoms with Crippen LogP contribution in [0.5, 0.6) is 0 Å². The second-order valence-corrected chi connectivity index (χ2v) is 8.93. The molecule has 4 rings (SSSR count). The van der Waals surface area contributed by atoms with E-state index in [2.05, 4.69) is 80.3 Å². The predicted octanol–water partition coefficient (Wildman–Crippen LogP) is 5.11. The monoisotopic (exact) mass is 500 g/mol. The van der Waals surface area contributed by atoms with Crippen LogP contribution in [0.25, 0.3) is 0 Å². The summed E-state index contributed by atoms with van der Waals surface area (Å²) in [4.78, 5) is 5.04. The van der Waals surface area contributed by atoms with Crippen LogP contribution in [-0.2, 0) is 6.54 Å². The molecule has 2 heterocycles. The largest absolute Gasteiger partial charge is 0.391 e. The summed E-state index contributed by atoms with van der Waals surface area (Å²) in [6.45, 7) is 5.08. The third kappa shape index (κ3) is 6.43. The molecule has 0 radical (unpaired) electrons. The lowest BCUT2D eigenvalue weighted by Crippen LogP contribution is -2.56. The van der Waals surface area contributed by atoms with Gasteiger partial charge in [-0.05, 0) is 61.5 Å². The van der Waals surface area contributed by atoms with Gasteiger partial charge in [0.25, 0.3) is 0 Å². The van der Waals surface area contributed by atoms with Gasteiger partial charge < -0.3 is 5.11 Å². The van der Waals surface area contributed by atoms with Crippen molar-refractivity contribution in [2.45, 2.75) is 43.9 Å². The van der Waals surface area contributed by atoms with Gasteiger partial charge in [-0.1, -0.05) is 58.4 Å². The normalized spacial score (nSPS) is 23.8. The number of aliphatic hydroxyl groups is 1. The molecule has 2 aromatic rings. The van der Waals surface area contributed by atoms with Crippen LogP contribution in [0.15, 0.2) is 59.1 Å². The maximum atomic E-state index is 10.7. The summed E-state index contributed by atoms with van der Waals surface area (Å²) in [6, 6.07) is 19.7. The first-order valence-corrected chi connectivity index (χ1v) is 10.9. The van der Waals surface area contributed by atoms with Crippen molar-refractivity contribution in [3.63, 3.8) is 0 Å². The number of halogens is 3. The van der Waals surface area contributed by atoms with E-state index in [1.807, 2.05) is 0 Å². The van der Waals surface area contributed by atoms with E-state index < -0.39 is 0 Å². The molecule has 6 heteroatoms. The van der Waals surface area contributed by atoms with E-state index >= 15 is 0 Å². The molecule has 0 aliphatic carbocycles. The number of hydrogen-bond acceptors (Lipinski definition) is 3. The van der Waals surface area contributed by atoms with Crippen molar-refractivity contribution in [2.75, 3.05) is 26.2 Å². The highest BCUT2D eigenvalue weighted by Gasteiger charge is 2.34. The smallest absolute Gasteiger partial charge is 0.0720 e. The van der Waals surface area contributed by atoms with Crippen LogP contribution in [-0.4, -0.2) is 53.2 Å². The van der Waals surface area contributed by atoms with Crippen LogP contribution in [0.3, 0.4) is 0 Å².